The fourth-order valence-electron chi connectivity index (χ4n) is 1.54. The van der Waals surface area contributed by atoms with E-state index in [0.717, 1.165) is 17.1 Å². The van der Waals surface area contributed by atoms with E-state index in [1.165, 1.54) is 0 Å². The summed E-state index contributed by atoms with van der Waals surface area (Å²) in [4.78, 5) is 12.6. The highest BCUT2D eigenvalue weighted by atomic mass is 32.1. The number of ether oxygens (including phenoxy) is 1. The van der Waals surface area contributed by atoms with Crippen LogP contribution in [0, 0.1) is 13.8 Å². The lowest BCUT2D eigenvalue weighted by Gasteiger charge is -2.10. The number of nitrogens with zero attached hydrogens (tertiary/aromatic N) is 2. The molecule has 0 saturated carbocycles. The first-order valence-electron chi connectivity index (χ1n) is 5.36. The van der Waals surface area contributed by atoms with E-state index in [0.29, 0.717) is 22.0 Å². The first-order valence-corrected chi connectivity index (χ1v) is 6.14. The van der Waals surface area contributed by atoms with Gasteiger partial charge in [0, 0.05) is 0 Å². The molecule has 1 amide bonds. The van der Waals surface area contributed by atoms with Crippen molar-refractivity contribution in [3.63, 3.8) is 0 Å². The topological polar surface area (TPSA) is 64.1 Å². The van der Waals surface area contributed by atoms with E-state index in [2.05, 4.69) is 14.9 Å². The van der Waals surface area contributed by atoms with Crippen LogP contribution in [0.25, 0.3) is 0 Å². The van der Waals surface area contributed by atoms with Gasteiger partial charge in [0.2, 0.25) is 0 Å². The summed E-state index contributed by atoms with van der Waals surface area (Å²) in [7, 11) is 1.57. The number of anilines is 1. The molecule has 1 N–H and O–H groups in total. The summed E-state index contributed by atoms with van der Waals surface area (Å²) >= 11 is 1.08. The van der Waals surface area contributed by atoms with Gasteiger partial charge in [-0.15, -0.1) is 5.10 Å². The second-order valence-corrected chi connectivity index (χ2v) is 4.60. The van der Waals surface area contributed by atoms with E-state index >= 15 is 0 Å². The smallest absolute Gasteiger partial charge is 0.269 e. The van der Waals surface area contributed by atoms with Gasteiger partial charge in [-0.25, -0.2) is 0 Å². The first-order chi connectivity index (χ1) is 8.61. The molecule has 0 spiro atoms. The number of carbonyl (C=O) groups is 1. The highest BCUT2D eigenvalue weighted by molar-refractivity contribution is 7.08. The minimum atomic E-state index is -0.216. The van der Waals surface area contributed by atoms with Gasteiger partial charge in [-0.1, -0.05) is 10.6 Å². The van der Waals surface area contributed by atoms with E-state index in [4.69, 9.17) is 4.74 Å². The highest BCUT2D eigenvalue weighted by Gasteiger charge is 2.15. The lowest BCUT2D eigenvalue weighted by Crippen LogP contribution is -2.12. The average molecular weight is 263 g/mol. The average Bonchev–Trinajstić information content (AvgIpc) is 2.76. The number of aromatic nitrogens is 2. The zero-order valence-electron chi connectivity index (χ0n) is 10.4. The van der Waals surface area contributed by atoms with Crippen LogP contribution >= 0.6 is 11.5 Å². The fourth-order valence-corrected chi connectivity index (χ4v) is 2.09. The van der Waals surface area contributed by atoms with Gasteiger partial charge >= 0.3 is 0 Å². The summed E-state index contributed by atoms with van der Waals surface area (Å²) < 4.78 is 8.95. The monoisotopic (exact) mass is 263 g/mol. The van der Waals surface area contributed by atoms with Crippen molar-refractivity contribution >= 4 is 23.1 Å². The van der Waals surface area contributed by atoms with Crippen molar-refractivity contribution < 1.29 is 9.53 Å². The molecule has 0 unspecified atom stereocenters. The second-order valence-electron chi connectivity index (χ2n) is 3.85. The predicted molar refractivity (Wildman–Crippen MR) is 70.3 cm³/mol. The lowest BCUT2D eigenvalue weighted by molar-refractivity contribution is 0.102. The van der Waals surface area contributed by atoms with Gasteiger partial charge in [-0.05, 0) is 43.1 Å². The van der Waals surface area contributed by atoms with E-state index < -0.39 is 0 Å². The molecule has 0 bridgehead atoms. The molecule has 1 aromatic carbocycles. The summed E-state index contributed by atoms with van der Waals surface area (Å²) in [5.41, 5.74) is 2.32. The van der Waals surface area contributed by atoms with Crippen molar-refractivity contribution in [2.75, 3.05) is 12.4 Å². The normalized spacial score (nSPS) is 10.2. The summed E-state index contributed by atoms with van der Waals surface area (Å²) in [6, 6.07) is 5.61. The van der Waals surface area contributed by atoms with Crippen molar-refractivity contribution in [3.8, 4) is 5.75 Å². The Kier molecular flexibility index (Phi) is 3.57. The van der Waals surface area contributed by atoms with Crippen LogP contribution in [0.3, 0.4) is 0 Å². The summed E-state index contributed by atoms with van der Waals surface area (Å²) in [6.07, 6.45) is 0. The third-order valence-corrected chi connectivity index (χ3v) is 3.29. The van der Waals surface area contributed by atoms with Gasteiger partial charge in [0.15, 0.2) is 0 Å². The Labute approximate surface area is 109 Å². The largest absolute Gasteiger partial charge is 0.495 e. The van der Waals surface area contributed by atoms with E-state index in [-0.39, 0.29) is 5.91 Å². The Morgan fingerprint density at radius 3 is 2.78 bits per heavy atom. The maximum Gasteiger partial charge on any atom is 0.269 e. The van der Waals surface area contributed by atoms with Crippen molar-refractivity contribution in [1.82, 2.24) is 9.59 Å². The fraction of sp³-hybridized carbons (Fsp3) is 0.250. The number of carbonyl (C=O) groups excluding carboxylic acids is 1. The Balaban J connectivity index is 2.27. The molecule has 0 aliphatic carbocycles. The predicted octanol–water partition coefficient (Wildman–Crippen LogP) is 2.42. The van der Waals surface area contributed by atoms with Crippen LogP contribution in [0.2, 0.25) is 0 Å². The van der Waals surface area contributed by atoms with Crippen LogP contribution in [-0.2, 0) is 0 Å². The number of methoxy groups -OCH3 is 1. The molecule has 2 rings (SSSR count). The van der Waals surface area contributed by atoms with E-state index in [9.17, 15) is 4.79 Å². The van der Waals surface area contributed by atoms with Crippen LogP contribution in [0.15, 0.2) is 18.2 Å². The molecule has 5 nitrogen and oxygen atoms in total. The van der Waals surface area contributed by atoms with E-state index in [1.807, 2.05) is 25.1 Å². The van der Waals surface area contributed by atoms with Gasteiger partial charge in [-0.3, -0.25) is 4.79 Å². The zero-order valence-corrected chi connectivity index (χ0v) is 11.2. The standard InChI is InChI=1S/C12H13N3O2S/c1-7-4-5-10(17-3)9(6-7)13-12(16)11-8(2)14-15-18-11/h4-6H,1-3H3,(H,13,16). The van der Waals surface area contributed by atoms with Crippen LogP contribution in [0.5, 0.6) is 5.75 Å². The molecule has 0 saturated heterocycles. The molecular formula is C12H13N3O2S. The SMILES string of the molecule is COc1ccc(C)cc1NC(=O)c1snnc1C. The van der Waals surface area contributed by atoms with Crippen LogP contribution in [0.1, 0.15) is 20.9 Å². The molecule has 0 atom stereocenters. The van der Waals surface area contributed by atoms with Crippen LogP contribution < -0.4 is 10.1 Å². The molecule has 94 valence electrons. The number of amides is 1. The lowest BCUT2D eigenvalue weighted by atomic mass is 10.2. The van der Waals surface area contributed by atoms with E-state index in [1.54, 1.807) is 14.0 Å². The molecule has 1 aromatic heterocycles. The Hall–Kier alpha value is -1.95. The number of hydrogen-bond donors (Lipinski definition) is 1. The molecule has 0 radical (unpaired) electrons. The molecule has 6 heteroatoms. The Morgan fingerprint density at radius 2 is 2.17 bits per heavy atom. The maximum atomic E-state index is 12.0. The van der Waals surface area contributed by atoms with Crippen molar-refractivity contribution in [2.24, 2.45) is 0 Å². The second kappa shape index (κ2) is 5.14. The Bertz CT molecular complexity index is 580. The molecule has 0 fully saturated rings. The first kappa shape index (κ1) is 12.5. The molecular weight excluding hydrogens is 250 g/mol. The minimum absolute atomic E-state index is 0.216. The third kappa shape index (κ3) is 2.48. The van der Waals surface area contributed by atoms with Gasteiger partial charge in [0.25, 0.3) is 5.91 Å². The number of benzene rings is 1. The van der Waals surface area contributed by atoms with Crippen LogP contribution in [0.4, 0.5) is 5.69 Å². The number of nitrogens with one attached hydrogen (secondary N) is 1. The molecule has 0 aliphatic heterocycles. The molecule has 18 heavy (non-hydrogen) atoms. The highest BCUT2D eigenvalue weighted by Crippen LogP contribution is 2.26. The van der Waals surface area contributed by atoms with Gasteiger partial charge < -0.3 is 10.1 Å². The Morgan fingerprint density at radius 1 is 1.39 bits per heavy atom. The zero-order chi connectivity index (χ0) is 13.1. The van der Waals surface area contributed by atoms with Crippen molar-refractivity contribution in [1.29, 1.82) is 0 Å². The third-order valence-electron chi connectivity index (χ3n) is 2.46. The summed E-state index contributed by atoms with van der Waals surface area (Å²) in [5, 5.41) is 6.63. The van der Waals surface area contributed by atoms with Gasteiger partial charge in [0.1, 0.15) is 10.6 Å². The van der Waals surface area contributed by atoms with Gasteiger partial charge in [-0.2, -0.15) is 0 Å². The quantitative estimate of drug-likeness (QED) is 0.923. The number of aryl methyl sites for hydroxylation is 2. The van der Waals surface area contributed by atoms with Crippen molar-refractivity contribution in [2.45, 2.75) is 13.8 Å². The number of hydrogen-bond acceptors (Lipinski definition) is 5. The van der Waals surface area contributed by atoms with Gasteiger partial charge in [0.05, 0.1) is 18.5 Å². The van der Waals surface area contributed by atoms with Crippen molar-refractivity contribution in [3.05, 3.63) is 34.3 Å². The minimum Gasteiger partial charge on any atom is -0.495 e. The van der Waals surface area contributed by atoms with Crippen LogP contribution in [-0.4, -0.2) is 22.6 Å². The summed E-state index contributed by atoms with van der Waals surface area (Å²) in [5.74, 6) is 0.412. The molecule has 1 heterocycles. The number of rotatable bonds is 3. The maximum absolute atomic E-state index is 12.0. The molecule has 0 aliphatic rings. The molecule has 2 aromatic rings. The summed E-state index contributed by atoms with van der Waals surface area (Å²) in [6.45, 7) is 3.71.